The zero-order chi connectivity index (χ0) is 20.2. The Bertz CT molecular complexity index is 1250. The minimum absolute atomic E-state index is 0.301. The Morgan fingerprint density at radius 2 is 1.69 bits per heavy atom. The quantitative estimate of drug-likeness (QED) is 0.610. The van der Waals surface area contributed by atoms with E-state index in [0.717, 1.165) is 48.9 Å². The maximum absolute atomic E-state index is 12.4. The maximum atomic E-state index is 12.4. The van der Waals surface area contributed by atoms with Crippen LogP contribution in [-0.2, 0) is 10.0 Å². The molecule has 3 aromatic rings. The van der Waals surface area contributed by atoms with Crippen molar-refractivity contribution in [2.75, 3.05) is 31.1 Å². The number of aromatic nitrogens is 3. The Hall–Kier alpha value is -2.94. The van der Waals surface area contributed by atoms with E-state index in [0.29, 0.717) is 22.8 Å². The molecule has 150 valence electrons. The second-order valence-electron chi connectivity index (χ2n) is 7.53. The normalized spacial score (nSPS) is 18.6. The number of anilines is 1. The number of nitrogens with zero attached hydrogens (tertiary/aromatic N) is 6. The van der Waals surface area contributed by atoms with Crippen molar-refractivity contribution in [2.45, 2.75) is 25.2 Å². The molecule has 1 saturated heterocycles. The first kappa shape index (κ1) is 18.1. The summed E-state index contributed by atoms with van der Waals surface area (Å²) < 4.78 is 30.8. The third-order valence-corrected chi connectivity index (χ3v) is 6.72. The van der Waals surface area contributed by atoms with Gasteiger partial charge >= 0.3 is 0 Å². The van der Waals surface area contributed by atoms with Gasteiger partial charge in [-0.15, -0.1) is 4.40 Å². The average molecular weight is 411 g/mol. The third-order valence-electron chi connectivity index (χ3n) is 5.39. The lowest BCUT2D eigenvalue weighted by Gasteiger charge is -2.25. The molecular formula is C20H22N6O2S. The number of hydrogen-bond acceptors (Lipinski definition) is 6. The fourth-order valence-corrected chi connectivity index (χ4v) is 5.32. The van der Waals surface area contributed by atoms with E-state index in [1.54, 1.807) is 12.1 Å². The molecule has 0 unspecified atom stereocenters. The van der Waals surface area contributed by atoms with Crippen molar-refractivity contribution in [1.82, 2.24) is 19.5 Å². The van der Waals surface area contributed by atoms with Crippen LogP contribution >= 0.6 is 0 Å². The summed E-state index contributed by atoms with van der Waals surface area (Å²) >= 11 is 0. The summed E-state index contributed by atoms with van der Waals surface area (Å²) in [6, 6.07) is 11.1. The Morgan fingerprint density at radius 3 is 2.55 bits per heavy atom. The van der Waals surface area contributed by atoms with E-state index in [2.05, 4.69) is 30.3 Å². The monoisotopic (exact) mass is 410 g/mol. The van der Waals surface area contributed by atoms with Crippen molar-refractivity contribution in [2.24, 2.45) is 4.40 Å². The van der Waals surface area contributed by atoms with Gasteiger partial charge in [0.05, 0.1) is 5.69 Å². The molecule has 5 rings (SSSR count). The predicted octanol–water partition coefficient (Wildman–Crippen LogP) is 2.01. The molecule has 8 nitrogen and oxygen atoms in total. The molecule has 0 bridgehead atoms. The number of fused-ring (bicyclic) bond motifs is 2. The van der Waals surface area contributed by atoms with Gasteiger partial charge in [0.15, 0.2) is 11.5 Å². The molecule has 0 N–H and O–H groups in total. The van der Waals surface area contributed by atoms with E-state index in [9.17, 15) is 8.42 Å². The molecule has 2 aliphatic rings. The molecular weight excluding hydrogens is 388 g/mol. The third kappa shape index (κ3) is 3.05. The van der Waals surface area contributed by atoms with E-state index in [1.807, 2.05) is 36.6 Å². The van der Waals surface area contributed by atoms with E-state index in [-0.39, 0.29) is 0 Å². The van der Waals surface area contributed by atoms with E-state index in [1.165, 1.54) is 0 Å². The molecule has 0 saturated carbocycles. The molecule has 0 atom stereocenters. The van der Waals surface area contributed by atoms with Gasteiger partial charge < -0.3 is 9.80 Å². The number of aryl methyl sites for hydroxylation is 2. The Morgan fingerprint density at radius 1 is 0.931 bits per heavy atom. The van der Waals surface area contributed by atoms with Crippen molar-refractivity contribution in [1.29, 1.82) is 0 Å². The first-order chi connectivity index (χ1) is 13.9. The Kier molecular flexibility index (Phi) is 4.09. The standard InChI is InChI=1S/C20H22N6O2S/c1-14-13-19(26-18(21-14)12-15(2)22-26)24-8-5-9-25(11-10-24)20-16-6-3-4-7-17(16)29(27,28)23-20/h3-4,6-7,12-13H,5,8-11H2,1-2H3. The fourth-order valence-electron chi connectivity index (χ4n) is 4.10. The molecule has 0 spiro atoms. The number of rotatable bonds is 1. The van der Waals surface area contributed by atoms with Crippen molar-refractivity contribution < 1.29 is 8.42 Å². The second-order valence-corrected chi connectivity index (χ2v) is 9.10. The molecule has 9 heteroatoms. The minimum Gasteiger partial charge on any atom is -0.355 e. The van der Waals surface area contributed by atoms with Gasteiger partial charge in [0, 0.05) is 49.6 Å². The van der Waals surface area contributed by atoms with E-state index in [4.69, 9.17) is 0 Å². The van der Waals surface area contributed by atoms with Gasteiger partial charge in [-0.1, -0.05) is 12.1 Å². The summed E-state index contributed by atoms with van der Waals surface area (Å²) in [7, 11) is -3.60. The van der Waals surface area contributed by atoms with Gasteiger partial charge in [-0.2, -0.15) is 18.0 Å². The highest BCUT2D eigenvalue weighted by Crippen LogP contribution is 2.28. The number of benzene rings is 1. The lowest BCUT2D eigenvalue weighted by atomic mass is 10.2. The number of sulfonamides is 1. The van der Waals surface area contributed by atoms with Gasteiger partial charge in [0.25, 0.3) is 10.0 Å². The topological polar surface area (TPSA) is 83.2 Å². The zero-order valence-corrected chi connectivity index (χ0v) is 17.2. The van der Waals surface area contributed by atoms with Gasteiger partial charge in [0.2, 0.25) is 0 Å². The van der Waals surface area contributed by atoms with Crippen molar-refractivity contribution in [3.63, 3.8) is 0 Å². The van der Waals surface area contributed by atoms with Crippen molar-refractivity contribution in [3.8, 4) is 0 Å². The molecule has 2 aromatic heterocycles. The summed E-state index contributed by atoms with van der Waals surface area (Å²) in [4.78, 5) is 9.25. The lowest BCUT2D eigenvalue weighted by molar-refractivity contribution is 0.449. The van der Waals surface area contributed by atoms with E-state index < -0.39 is 10.0 Å². The molecule has 1 fully saturated rings. The van der Waals surface area contributed by atoms with Gasteiger partial charge in [-0.3, -0.25) is 0 Å². The summed E-state index contributed by atoms with van der Waals surface area (Å²) in [6.07, 6.45) is 0.893. The molecule has 2 aliphatic heterocycles. The molecule has 4 heterocycles. The van der Waals surface area contributed by atoms with Crippen LogP contribution in [0.5, 0.6) is 0 Å². The highest BCUT2D eigenvalue weighted by Gasteiger charge is 2.32. The van der Waals surface area contributed by atoms with Crippen LogP contribution in [0.25, 0.3) is 5.65 Å². The van der Waals surface area contributed by atoms with Crippen LogP contribution in [0, 0.1) is 13.8 Å². The second kappa shape index (κ2) is 6.55. The molecule has 0 radical (unpaired) electrons. The average Bonchev–Trinajstić information content (AvgIpc) is 3.06. The fraction of sp³-hybridized carbons (Fsp3) is 0.350. The largest absolute Gasteiger partial charge is 0.355 e. The van der Waals surface area contributed by atoms with Crippen LogP contribution in [0.15, 0.2) is 45.7 Å². The van der Waals surface area contributed by atoms with E-state index >= 15 is 0 Å². The predicted molar refractivity (Wildman–Crippen MR) is 111 cm³/mol. The number of amidine groups is 1. The summed E-state index contributed by atoms with van der Waals surface area (Å²) in [5.74, 6) is 1.58. The zero-order valence-electron chi connectivity index (χ0n) is 16.4. The van der Waals surface area contributed by atoms with Crippen LogP contribution in [-0.4, -0.2) is 59.9 Å². The number of hydrogen-bond donors (Lipinski definition) is 0. The van der Waals surface area contributed by atoms with Crippen molar-refractivity contribution in [3.05, 3.63) is 53.3 Å². The van der Waals surface area contributed by atoms with Crippen LogP contribution in [0.1, 0.15) is 23.4 Å². The first-order valence-corrected chi connectivity index (χ1v) is 11.1. The Balaban J connectivity index is 1.45. The van der Waals surface area contributed by atoms with Gasteiger partial charge in [-0.05, 0) is 32.4 Å². The van der Waals surface area contributed by atoms with Crippen LogP contribution in [0.2, 0.25) is 0 Å². The molecule has 1 aromatic carbocycles. The summed E-state index contributed by atoms with van der Waals surface area (Å²) in [5, 5.41) is 4.60. The van der Waals surface area contributed by atoms with Gasteiger partial charge in [-0.25, -0.2) is 4.98 Å². The van der Waals surface area contributed by atoms with Gasteiger partial charge in [0.1, 0.15) is 10.7 Å². The highest BCUT2D eigenvalue weighted by molar-refractivity contribution is 7.90. The van der Waals surface area contributed by atoms with Crippen LogP contribution < -0.4 is 4.90 Å². The van der Waals surface area contributed by atoms with Crippen LogP contribution in [0.4, 0.5) is 5.82 Å². The minimum atomic E-state index is -3.60. The van der Waals surface area contributed by atoms with Crippen molar-refractivity contribution >= 4 is 27.3 Å². The summed E-state index contributed by atoms with van der Waals surface area (Å²) in [5.41, 5.74) is 3.43. The smallest absolute Gasteiger partial charge is 0.285 e. The maximum Gasteiger partial charge on any atom is 0.285 e. The summed E-state index contributed by atoms with van der Waals surface area (Å²) in [6.45, 7) is 7.00. The Labute approximate surface area is 169 Å². The first-order valence-electron chi connectivity index (χ1n) is 9.71. The molecule has 29 heavy (non-hydrogen) atoms. The highest BCUT2D eigenvalue weighted by atomic mass is 32.2. The SMILES string of the molecule is Cc1cc(N2CCCN(C3=NS(=O)(=O)c4ccccc43)CC2)n2nc(C)cc2n1. The lowest BCUT2D eigenvalue weighted by Crippen LogP contribution is -2.35. The molecule has 0 amide bonds. The molecule has 0 aliphatic carbocycles. The van der Waals surface area contributed by atoms with Crippen LogP contribution in [0.3, 0.4) is 0 Å².